The lowest BCUT2D eigenvalue weighted by molar-refractivity contribution is -0.117. The number of methoxy groups -OCH3 is 1. The summed E-state index contributed by atoms with van der Waals surface area (Å²) in [6.45, 7) is 2.03. The Balaban J connectivity index is 1.60. The number of benzene rings is 2. The van der Waals surface area contributed by atoms with Crippen LogP contribution in [-0.4, -0.2) is 25.5 Å². The zero-order valence-electron chi connectivity index (χ0n) is 15.0. The van der Waals surface area contributed by atoms with Gasteiger partial charge in [0.15, 0.2) is 0 Å². The Labute approximate surface area is 152 Å². The minimum Gasteiger partial charge on any atom is -0.495 e. The smallest absolute Gasteiger partial charge is 0.243 e. The van der Waals surface area contributed by atoms with Crippen LogP contribution in [0, 0.1) is 12.8 Å². The van der Waals surface area contributed by atoms with Crippen LogP contribution in [0.4, 0.5) is 17.1 Å². The fourth-order valence-corrected chi connectivity index (χ4v) is 2.66. The summed E-state index contributed by atoms with van der Waals surface area (Å²) in [5.41, 5.74) is 3.13. The van der Waals surface area contributed by atoms with Crippen molar-refractivity contribution in [1.82, 2.24) is 0 Å². The van der Waals surface area contributed by atoms with Gasteiger partial charge in [0.1, 0.15) is 5.75 Å². The third kappa shape index (κ3) is 4.33. The van der Waals surface area contributed by atoms with Crippen LogP contribution in [0.3, 0.4) is 0 Å². The van der Waals surface area contributed by atoms with Gasteiger partial charge in [-0.3, -0.25) is 9.59 Å². The Bertz CT molecular complexity index is 816. The van der Waals surface area contributed by atoms with E-state index in [2.05, 4.69) is 16.0 Å². The summed E-state index contributed by atoms with van der Waals surface area (Å²) in [4.78, 5) is 24.2. The molecule has 2 amide bonds. The number of ether oxygens (including phenoxy) is 1. The second kappa shape index (κ2) is 7.91. The molecule has 3 N–H and O–H groups in total. The summed E-state index contributed by atoms with van der Waals surface area (Å²) in [6.07, 6.45) is 1.93. The fourth-order valence-electron chi connectivity index (χ4n) is 2.66. The van der Waals surface area contributed by atoms with E-state index in [1.54, 1.807) is 19.2 Å². The van der Waals surface area contributed by atoms with E-state index in [0.717, 1.165) is 29.8 Å². The number of carbonyl (C=O) groups excluding carboxylic acids is 2. The molecule has 2 aromatic rings. The van der Waals surface area contributed by atoms with Gasteiger partial charge < -0.3 is 20.7 Å². The Morgan fingerprint density at radius 1 is 1.00 bits per heavy atom. The van der Waals surface area contributed by atoms with Gasteiger partial charge in [0.2, 0.25) is 11.8 Å². The molecular formula is C20H23N3O3. The Morgan fingerprint density at radius 3 is 2.42 bits per heavy atom. The minimum absolute atomic E-state index is 0.0687. The second-order valence-electron chi connectivity index (χ2n) is 6.34. The maximum atomic E-state index is 12.2. The summed E-state index contributed by atoms with van der Waals surface area (Å²) in [5.74, 6) is 0.653. The largest absolute Gasteiger partial charge is 0.495 e. The molecule has 136 valence electrons. The van der Waals surface area contributed by atoms with E-state index in [1.807, 2.05) is 37.3 Å². The summed E-state index contributed by atoms with van der Waals surface area (Å²) in [7, 11) is 1.56. The molecule has 2 aromatic carbocycles. The standard InChI is InChI=1S/C20H23N3O3/c1-13-15(7-5-8-16(13)23-20(25)14-10-11-14)21-12-19(24)22-17-6-3-4-9-18(17)26-2/h3-9,14,21H,10-12H2,1-2H3,(H,22,24)(H,23,25). The molecule has 1 aliphatic rings. The van der Waals surface area contributed by atoms with Crippen molar-refractivity contribution in [1.29, 1.82) is 0 Å². The molecule has 0 heterocycles. The quantitative estimate of drug-likeness (QED) is 0.713. The van der Waals surface area contributed by atoms with E-state index in [4.69, 9.17) is 4.74 Å². The van der Waals surface area contributed by atoms with E-state index in [9.17, 15) is 9.59 Å². The van der Waals surface area contributed by atoms with E-state index in [-0.39, 0.29) is 24.3 Å². The molecule has 0 aromatic heterocycles. The van der Waals surface area contributed by atoms with Gasteiger partial charge in [-0.1, -0.05) is 18.2 Å². The van der Waals surface area contributed by atoms with Gasteiger partial charge in [0, 0.05) is 17.3 Å². The number of para-hydroxylation sites is 2. The molecular weight excluding hydrogens is 330 g/mol. The summed E-state index contributed by atoms with van der Waals surface area (Å²) < 4.78 is 5.23. The van der Waals surface area contributed by atoms with Crippen LogP contribution in [-0.2, 0) is 9.59 Å². The zero-order valence-corrected chi connectivity index (χ0v) is 15.0. The SMILES string of the molecule is COc1ccccc1NC(=O)CNc1cccc(NC(=O)C2CC2)c1C. The van der Waals surface area contributed by atoms with E-state index < -0.39 is 0 Å². The average Bonchev–Trinajstić information content (AvgIpc) is 3.48. The van der Waals surface area contributed by atoms with E-state index in [0.29, 0.717) is 11.4 Å². The number of amides is 2. The van der Waals surface area contributed by atoms with Gasteiger partial charge in [0.25, 0.3) is 0 Å². The molecule has 0 spiro atoms. The maximum Gasteiger partial charge on any atom is 0.243 e. The molecule has 6 heteroatoms. The van der Waals surface area contributed by atoms with Gasteiger partial charge in [0.05, 0.1) is 19.3 Å². The van der Waals surface area contributed by atoms with Crippen LogP contribution in [0.25, 0.3) is 0 Å². The van der Waals surface area contributed by atoms with Crippen molar-refractivity contribution in [3.05, 3.63) is 48.0 Å². The highest BCUT2D eigenvalue weighted by molar-refractivity contribution is 5.97. The molecule has 1 aliphatic carbocycles. The van der Waals surface area contributed by atoms with Crippen LogP contribution < -0.4 is 20.7 Å². The predicted molar refractivity (Wildman–Crippen MR) is 103 cm³/mol. The molecule has 6 nitrogen and oxygen atoms in total. The van der Waals surface area contributed by atoms with Crippen LogP contribution in [0.5, 0.6) is 5.75 Å². The molecule has 0 saturated heterocycles. The first-order valence-corrected chi connectivity index (χ1v) is 8.65. The van der Waals surface area contributed by atoms with Crippen molar-refractivity contribution in [3.63, 3.8) is 0 Å². The molecule has 0 aliphatic heterocycles. The highest BCUT2D eigenvalue weighted by Gasteiger charge is 2.29. The molecule has 1 saturated carbocycles. The molecule has 0 bridgehead atoms. The number of rotatable bonds is 7. The molecule has 0 unspecified atom stereocenters. The lowest BCUT2D eigenvalue weighted by Crippen LogP contribution is -2.22. The topological polar surface area (TPSA) is 79.5 Å². The maximum absolute atomic E-state index is 12.2. The third-order valence-corrected chi connectivity index (χ3v) is 4.36. The molecule has 0 radical (unpaired) electrons. The lowest BCUT2D eigenvalue weighted by Gasteiger charge is -2.15. The van der Waals surface area contributed by atoms with Crippen molar-refractivity contribution in [2.24, 2.45) is 5.92 Å². The highest BCUT2D eigenvalue weighted by Crippen LogP contribution is 2.31. The first-order chi connectivity index (χ1) is 12.6. The minimum atomic E-state index is -0.179. The molecule has 26 heavy (non-hydrogen) atoms. The Morgan fingerprint density at radius 2 is 1.69 bits per heavy atom. The molecule has 3 rings (SSSR count). The first kappa shape index (κ1) is 17.8. The predicted octanol–water partition coefficient (Wildman–Crippen LogP) is 3.40. The molecule has 1 fully saturated rings. The fraction of sp³-hybridized carbons (Fsp3) is 0.300. The molecule has 0 atom stereocenters. The van der Waals surface area contributed by atoms with Crippen LogP contribution in [0.15, 0.2) is 42.5 Å². The van der Waals surface area contributed by atoms with Crippen LogP contribution in [0.1, 0.15) is 18.4 Å². The van der Waals surface area contributed by atoms with Gasteiger partial charge in [-0.2, -0.15) is 0 Å². The first-order valence-electron chi connectivity index (χ1n) is 8.65. The van der Waals surface area contributed by atoms with Crippen molar-refractivity contribution >= 4 is 28.9 Å². The van der Waals surface area contributed by atoms with Crippen molar-refractivity contribution in [2.45, 2.75) is 19.8 Å². The number of anilines is 3. The number of nitrogens with one attached hydrogen (secondary N) is 3. The van der Waals surface area contributed by atoms with E-state index in [1.165, 1.54) is 0 Å². The number of hydrogen-bond donors (Lipinski definition) is 3. The Hall–Kier alpha value is -3.02. The van der Waals surface area contributed by atoms with Gasteiger partial charge in [-0.25, -0.2) is 0 Å². The van der Waals surface area contributed by atoms with E-state index >= 15 is 0 Å². The van der Waals surface area contributed by atoms with Crippen molar-refractivity contribution < 1.29 is 14.3 Å². The third-order valence-electron chi connectivity index (χ3n) is 4.36. The van der Waals surface area contributed by atoms with Crippen LogP contribution >= 0.6 is 0 Å². The summed E-state index contributed by atoms with van der Waals surface area (Å²) in [5, 5.41) is 8.91. The van der Waals surface area contributed by atoms with Gasteiger partial charge >= 0.3 is 0 Å². The van der Waals surface area contributed by atoms with Gasteiger partial charge in [-0.05, 0) is 49.6 Å². The lowest BCUT2D eigenvalue weighted by atomic mass is 10.1. The van der Waals surface area contributed by atoms with Crippen LogP contribution in [0.2, 0.25) is 0 Å². The second-order valence-corrected chi connectivity index (χ2v) is 6.34. The highest BCUT2D eigenvalue weighted by atomic mass is 16.5. The normalized spacial score (nSPS) is 13.0. The number of hydrogen-bond acceptors (Lipinski definition) is 4. The van der Waals surface area contributed by atoms with Gasteiger partial charge in [-0.15, -0.1) is 0 Å². The monoisotopic (exact) mass is 353 g/mol. The average molecular weight is 353 g/mol. The number of carbonyl (C=O) groups is 2. The summed E-state index contributed by atoms with van der Waals surface area (Å²) in [6, 6.07) is 12.9. The van der Waals surface area contributed by atoms with Crippen molar-refractivity contribution in [3.8, 4) is 5.75 Å². The zero-order chi connectivity index (χ0) is 18.5. The summed E-state index contributed by atoms with van der Waals surface area (Å²) >= 11 is 0. The Kier molecular flexibility index (Phi) is 5.41. The van der Waals surface area contributed by atoms with Crippen molar-refractivity contribution in [2.75, 3.05) is 29.6 Å².